The van der Waals surface area contributed by atoms with Gasteiger partial charge in [-0.15, -0.1) is 0 Å². The van der Waals surface area contributed by atoms with Crippen LogP contribution in [0.2, 0.25) is 0 Å². The summed E-state index contributed by atoms with van der Waals surface area (Å²) in [6.07, 6.45) is 3.10. The molecule has 0 spiro atoms. The van der Waals surface area contributed by atoms with Crippen LogP contribution in [-0.2, 0) is 6.42 Å². The number of ether oxygens (including phenoxy) is 1. The van der Waals surface area contributed by atoms with Gasteiger partial charge in [0.25, 0.3) is 5.69 Å². The molecule has 0 bridgehead atoms. The number of nitrogens with zero attached hydrogens (tertiary/aromatic N) is 1. The van der Waals surface area contributed by atoms with Gasteiger partial charge in [-0.2, -0.15) is 0 Å². The van der Waals surface area contributed by atoms with Crippen LogP contribution in [0.4, 0.5) is 5.69 Å². The number of non-ortho nitro benzene ring substituents is 1. The van der Waals surface area contributed by atoms with Gasteiger partial charge in [-0.25, -0.2) is 0 Å². The van der Waals surface area contributed by atoms with Gasteiger partial charge >= 0.3 is 0 Å². The number of nitro groups is 1. The van der Waals surface area contributed by atoms with Gasteiger partial charge < -0.3 is 10.5 Å². The van der Waals surface area contributed by atoms with Crippen LogP contribution in [0.15, 0.2) is 18.2 Å². The summed E-state index contributed by atoms with van der Waals surface area (Å²) in [5, 5.41) is 10.7. The summed E-state index contributed by atoms with van der Waals surface area (Å²) in [6, 6.07) is 4.76. The molecule has 0 atom stereocenters. The lowest BCUT2D eigenvalue weighted by Crippen LogP contribution is -2.18. The molecule has 0 saturated heterocycles. The topological polar surface area (TPSA) is 78.4 Å². The van der Waals surface area contributed by atoms with Gasteiger partial charge in [0.1, 0.15) is 5.75 Å². The lowest BCUT2D eigenvalue weighted by Gasteiger charge is -2.14. The summed E-state index contributed by atoms with van der Waals surface area (Å²) in [5.74, 6) is 0.582. The molecule has 1 fully saturated rings. The maximum atomic E-state index is 10.7. The van der Waals surface area contributed by atoms with E-state index >= 15 is 0 Å². The summed E-state index contributed by atoms with van der Waals surface area (Å²) in [6.45, 7) is 0.660. The Labute approximate surface area is 99.7 Å². The van der Waals surface area contributed by atoms with Crippen molar-refractivity contribution in [3.05, 3.63) is 33.9 Å². The monoisotopic (exact) mass is 236 g/mol. The number of nitrogens with two attached hydrogens (primary N) is 1. The number of hydrogen-bond acceptors (Lipinski definition) is 4. The molecule has 5 heteroatoms. The van der Waals surface area contributed by atoms with Crippen LogP contribution in [-0.4, -0.2) is 18.6 Å². The van der Waals surface area contributed by atoms with E-state index in [0.29, 0.717) is 12.3 Å². The van der Waals surface area contributed by atoms with E-state index < -0.39 is 4.92 Å². The Kier molecular flexibility index (Phi) is 3.02. The molecule has 0 aliphatic heterocycles. The molecule has 1 aliphatic rings. The van der Waals surface area contributed by atoms with Crippen molar-refractivity contribution in [2.24, 2.45) is 11.1 Å². The van der Waals surface area contributed by atoms with Crippen molar-refractivity contribution in [3.63, 3.8) is 0 Å². The average molecular weight is 236 g/mol. The highest BCUT2D eigenvalue weighted by Crippen LogP contribution is 2.48. The molecular formula is C12H16N2O3. The van der Waals surface area contributed by atoms with Crippen LogP contribution >= 0.6 is 0 Å². The van der Waals surface area contributed by atoms with Crippen molar-refractivity contribution in [2.45, 2.75) is 19.3 Å². The summed E-state index contributed by atoms with van der Waals surface area (Å²) < 4.78 is 5.21. The van der Waals surface area contributed by atoms with Crippen molar-refractivity contribution in [3.8, 4) is 5.75 Å². The number of rotatable bonds is 5. The van der Waals surface area contributed by atoms with Crippen LogP contribution in [0.3, 0.4) is 0 Å². The molecule has 1 saturated carbocycles. The first-order chi connectivity index (χ1) is 8.10. The zero-order chi connectivity index (χ0) is 12.5. The zero-order valence-corrected chi connectivity index (χ0v) is 9.81. The molecule has 0 radical (unpaired) electrons. The third-order valence-corrected chi connectivity index (χ3v) is 3.44. The van der Waals surface area contributed by atoms with Crippen LogP contribution in [0.25, 0.3) is 0 Å². The smallest absolute Gasteiger partial charge is 0.273 e. The summed E-state index contributed by atoms with van der Waals surface area (Å²) in [4.78, 5) is 10.2. The van der Waals surface area contributed by atoms with Gasteiger partial charge in [0.05, 0.1) is 18.1 Å². The quantitative estimate of drug-likeness (QED) is 0.625. The van der Waals surface area contributed by atoms with Gasteiger partial charge in [0.15, 0.2) is 0 Å². The minimum atomic E-state index is -0.415. The first kappa shape index (κ1) is 11.9. The van der Waals surface area contributed by atoms with Gasteiger partial charge in [-0.05, 0) is 42.9 Å². The molecule has 0 heterocycles. The second-order valence-electron chi connectivity index (χ2n) is 4.63. The van der Waals surface area contributed by atoms with Gasteiger partial charge in [-0.3, -0.25) is 10.1 Å². The molecular weight excluding hydrogens is 220 g/mol. The van der Waals surface area contributed by atoms with Gasteiger partial charge in [0, 0.05) is 6.07 Å². The highest BCUT2D eigenvalue weighted by atomic mass is 16.6. The lowest BCUT2D eigenvalue weighted by molar-refractivity contribution is -0.384. The normalized spacial score (nSPS) is 16.6. The first-order valence-corrected chi connectivity index (χ1v) is 5.62. The Morgan fingerprint density at radius 2 is 2.24 bits per heavy atom. The molecule has 2 rings (SSSR count). The van der Waals surface area contributed by atoms with Crippen LogP contribution < -0.4 is 10.5 Å². The Morgan fingerprint density at radius 3 is 2.71 bits per heavy atom. The highest BCUT2D eigenvalue weighted by Gasteiger charge is 2.41. The van der Waals surface area contributed by atoms with Crippen LogP contribution in [0, 0.1) is 15.5 Å². The first-order valence-electron chi connectivity index (χ1n) is 5.62. The minimum Gasteiger partial charge on any atom is -0.496 e. The van der Waals surface area contributed by atoms with E-state index in [0.717, 1.165) is 24.8 Å². The fourth-order valence-electron chi connectivity index (χ4n) is 2.03. The third-order valence-electron chi connectivity index (χ3n) is 3.44. The van der Waals surface area contributed by atoms with E-state index in [9.17, 15) is 10.1 Å². The molecule has 0 unspecified atom stereocenters. The predicted octanol–water partition coefficient (Wildman–Crippen LogP) is 1.88. The van der Waals surface area contributed by atoms with Crippen LogP contribution in [0.5, 0.6) is 5.75 Å². The van der Waals surface area contributed by atoms with Crippen molar-refractivity contribution < 1.29 is 9.66 Å². The maximum absolute atomic E-state index is 10.7. The lowest BCUT2D eigenvalue weighted by atomic mass is 9.96. The zero-order valence-electron chi connectivity index (χ0n) is 9.81. The Hall–Kier alpha value is -1.62. The van der Waals surface area contributed by atoms with E-state index in [1.54, 1.807) is 6.07 Å². The van der Waals surface area contributed by atoms with Crippen molar-refractivity contribution in [2.75, 3.05) is 13.7 Å². The highest BCUT2D eigenvalue weighted by molar-refractivity contribution is 5.45. The summed E-state index contributed by atoms with van der Waals surface area (Å²) in [5.41, 5.74) is 6.99. The summed E-state index contributed by atoms with van der Waals surface area (Å²) >= 11 is 0. The van der Waals surface area contributed by atoms with Crippen molar-refractivity contribution >= 4 is 5.69 Å². The second kappa shape index (κ2) is 4.33. The Bertz CT molecular complexity index is 441. The van der Waals surface area contributed by atoms with Crippen molar-refractivity contribution in [1.82, 2.24) is 0 Å². The molecule has 92 valence electrons. The molecule has 17 heavy (non-hydrogen) atoms. The number of benzene rings is 1. The SMILES string of the molecule is COc1cc([N+](=O)[O-])ccc1CC1(CN)CC1. The van der Waals surface area contributed by atoms with E-state index in [4.69, 9.17) is 10.5 Å². The van der Waals surface area contributed by atoms with E-state index in [1.165, 1.54) is 19.2 Å². The van der Waals surface area contributed by atoms with Gasteiger partial charge in [-0.1, -0.05) is 0 Å². The second-order valence-corrected chi connectivity index (χ2v) is 4.63. The third kappa shape index (κ3) is 2.39. The average Bonchev–Trinajstić information content (AvgIpc) is 3.10. The van der Waals surface area contributed by atoms with Crippen molar-refractivity contribution in [1.29, 1.82) is 0 Å². The molecule has 0 amide bonds. The summed E-state index contributed by atoms with van der Waals surface area (Å²) in [7, 11) is 1.53. The molecule has 1 aromatic rings. The predicted molar refractivity (Wildman–Crippen MR) is 64.1 cm³/mol. The Balaban J connectivity index is 2.25. The largest absolute Gasteiger partial charge is 0.496 e. The maximum Gasteiger partial charge on any atom is 0.273 e. The molecule has 2 N–H and O–H groups in total. The molecule has 1 aliphatic carbocycles. The van der Waals surface area contributed by atoms with E-state index in [2.05, 4.69) is 0 Å². The molecule has 5 nitrogen and oxygen atoms in total. The molecule has 0 aromatic heterocycles. The van der Waals surface area contributed by atoms with Gasteiger partial charge in [0.2, 0.25) is 0 Å². The van der Waals surface area contributed by atoms with E-state index in [1.807, 2.05) is 0 Å². The minimum absolute atomic E-state index is 0.0585. The number of hydrogen-bond donors (Lipinski definition) is 1. The standard InChI is InChI=1S/C12H16N2O3/c1-17-11-6-10(14(15)16)3-2-9(11)7-12(8-13)4-5-12/h2-3,6H,4-5,7-8,13H2,1H3. The Morgan fingerprint density at radius 1 is 1.53 bits per heavy atom. The fourth-order valence-corrected chi connectivity index (χ4v) is 2.03. The fraction of sp³-hybridized carbons (Fsp3) is 0.500. The van der Waals surface area contributed by atoms with Crippen LogP contribution in [0.1, 0.15) is 18.4 Å². The number of methoxy groups -OCH3 is 1. The number of nitro benzene ring substituents is 1. The van der Waals surface area contributed by atoms with E-state index in [-0.39, 0.29) is 11.1 Å². The molecule has 1 aromatic carbocycles.